The highest BCUT2D eigenvalue weighted by Gasteiger charge is 2.11. The Balaban J connectivity index is 2.96. The van der Waals surface area contributed by atoms with Gasteiger partial charge in [0.15, 0.2) is 0 Å². The van der Waals surface area contributed by atoms with E-state index in [1.165, 1.54) is 6.20 Å². The van der Waals surface area contributed by atoms with E-state index in [9.17, 15) is 14.7 Å². The van der Waals surface area contributed by atoms with Crippen LogP contribution in [0.1, 0.15) is 24.2 Å². The molecule has 0 spiro atoms. The van der Waals surface area contributed by atoms with Crippen LogP contribution in [-0.4, -0.2) is 22.0 Å². The lowest BCUT2D eigenvalue weighted by atomic mass is 10.2. The van der Waals surface area contributed by atoms with Crippen molar-refractivity contribution in [3.63, 3.8) is 0 Å². The second-order valence-corrected chi connectivity index (χ2v) is 3.22. The quantitative estimate of drug-likeness (QED) is 0.632. The van der Waals surface area contributed by atoms with E-state index < -0.39 is 11.5 Å². The van der Waals surface area contributed by atoms with Crippen LogP contribution in [0.4, 0.5) is 0 Å². The molecule has 0 aliphatic rings. The van der Waals surface area contributed by atoms with Crippen molar-refractivity contribution < 1.29 is 9.90 Å². The van der Waals surface area contributed by atoms with Crippen LogP contribution in [0.15, 0.2) is 17.1 Å². The molecule has 1 amide bonds. The summed E-state index contributed by atoms with van der Waals surface area (Å²) in [5.41, 5.74) is -0.373. The first-order valence-electron chi connectivity index (χ1n) is 4.23. The Bertz CT molecular complexity index is 395. The number of hydrogen-bond acceptors (Lipinski definition) is 3. The molecule has 1 aromatic rings. The molecule has 3 N–H and O–H groups in total. The van der Waals surface area contributed by atoms with E-state index in [-0.39, 0.29) is 17.4 Å². The van der Waals surface area contributed by atoms with Gasteiger partial charge < -0.3 is 15.4 Å². The van der Waals surface area contributed by atoms with Crippen LogP contribution < -0.4 is 10.9 Å². The molecule has 5 heteroatoms. The van der Waals surface area contributed by atoms with Gasteiger partial charge in [-0.25, -0.2) is 0 Å². The largest absolute Gasteiger partial charge is 0.507 e. The highest BCUT2D eigenvalue weighted by molar-refractivity contribution is 5.96. The van der Waals surface area contributed by atoms with Crippen molar-refractivity contribution in [1.29, 1.82) is 0 Å². The summed E-state index contributed by atoms with van der Waals surface area (Å²) in [6.07, 6.45) is 1.19. The maximum Gasteiger partial charge on any atom is 0.256 e. The van der Waals surface area contributed by atoms with Crippen molar-refractivity contribution in [1.82, 2.24) is 10.3 Å². The second kappa shape index (κ2) is 3.95. The summed E-state index contributed by atoms with van der Waals surface area (Å²) in [5, 5.41) is 11.9. The number of carbonyl (C=O) groups is 1. The Hall–Kier alpha value is -1.78. The number of aromatic amines is 1. The molecule has 5 nitrogen and oxygen atoms in total. The zero-order valence-corrected chi connectivity index (χ0v) is 8.00. The molecule has 0 fully saturated rings. The van der Waals surface area contributed by atoms with Gasteiger partial charge in [-0.2, -0.15) is 0 Å². The molecule has 1 heterocycles. The molecule has 0 aliphatic heterocycles. The molecule has 0 aliphatic carbocycles. The number of pyridine rings is 1. The number of carbonyl (C=O) groups excluding carboxylic acids is 1. The standard InChI is InChI=1S/C9H12N2O3/c1-5(2)11-9(14)6-4-10-8(13)3-7(6)12/h3-5H,1-2H3,(H,11,14)(H2,10,12,13). The first-order chi connectivity index (χ1) is 6.50. The highest BCUT2D eigenvalue weighted by atomic mass is 16.3. The Morgan fingerprint density at radius 3 is 2.71 bits per heavy atom. The molecular weight excluding hydrogens is 184 g/mol. The van der Waals surface area contributed by atoms with Crippen LogP contribution in [0.5, 0.6) is 5.75 Å². The minimum Gasteiger partial charge on any atom is -0.507 e. The predicted molar refractivity (Wildman–Crippen MR) is 51.3 cm³/mol. The summed E-state index contributed by atoms with van der Waals surface area (Å²) >= 11 is 0. The van der Waals surface area contributed by atoms with Crippen molar-refractivity contribution >= 4 is 5.91 Å². The summed E-state index contributed by atoms with van der Waals surface area (Å²) in [7, 11) is 0. The maximum absolute atomic E-state index is 11.4. The molecule has 0 unspecified atom stereocenters. The number of aromatic nitrogens is 1. The Morgan fingerprint density at radius 1 is 1.57 bits per heavy atom. The van der Waals surface area contributed by atoms with Crippen molar-refractivity contribution in [3.8, 4) is 5.75 Å². The summed E-state index contributed by atoms with van der Waals surface area (Å²) in [6.45, 7) is 3.61. The van der Waals surface area contributed by atoms with Gasteiger partial charge in [0.1, 0.15) is 5.75 Å². The third kappa shape index (κ3) is 2.35. The molecule has 14 heavy (non-hydrogen) atoms. The molecule has 1 aromatic heterocycles. The zero-order valence-electron chi connectivity index (χ0n) is 8.00. The third-order valence-electron chi connectivity index (χ3n) is 1.57. The van der Waals surface area contributed by atoms with Gasteiger partial charge in [-0.05, 0) is 13.8 Å². The topological polar surface area (TPSA) is 82.2 Å². The lowest BCUT2D eigenvalue weighted by Gasteiger charge is -2.08. The molecule has 0 bridgehead atoms. The first kappa shape index (κ1) is 10.3. The van der Waals surface area contributed by atoms with Gasteiger partial charge in [0.25, 0.3) is 11.5 Å². The van der Waals surface area contributed by atoms with E-state index in [0.29, 0.717) is 0 Å². The smallest absolute Gasteiger partial charge is 0.256 e. The predicted octanol–water partition coefficient (Wildman–Crippen LogP) is 0.219. The van der Waals surface area contributed by atoms with E-state index >= 15 is 0 Å². The van der Waals surface area contributed by atoms with E-state index in [4.69, 9.17) is 0 Å². The zero-order chi connectivity index (χ0) is 10.7. The van der Waals surface area contributed by atoms with Crippen LogP contribution in [0, 0.1) is 0 Å². The van der Waals surface area contributed by atoms with Gasteiger partial charge >= 0.3 is 0 Å². The highest BCUT2D eigenvalue weighted by Crippen LogP contribution is 2.11. The molecule has 1 rings (SSSR count). The fourth-order valence-electron chi connectivity index (χ4n) is 0.983. The van der Waals surface area contributed by atoms with E-state index in [2.05, 4.69) is 10.3 Å². The Kier molecular flexibility index (Phi) is 2.91. The third-order valence-corrected chi connectivity index (χ3v) is 1.57. The van der Waals surface area contributed by atoms with Crippen LogP contribution in [-0.2, 0) is 0 Å². The summed E-state index contributed by atoms with van der Waals surface area (Å²) in [6, 6.07) is 0.948. The van der Waals surface area contributed by atoms with Gasteiger partial charge in [-0.15, -0.1) is 0 Å². The van der Waals surface area contributed by atoms with E-state index in [1.54, 1.807) is 13.8 Å². The van der Waals surface area contributed by atoms with Crippen LogP contribution in [0.25, 0.3) is 0 Å². The minimum absolute atomic E-state index is 0.0196. The van der Waals surface area contributed by atoms with Gasteiger partial charge in [0.05, 0.1) is 5.56 Å². The average molecular weight is 196 g/mol. The Labute approximate surface area is 80.8 Å². The lowest BCUT2D eigenvalue weighted by molar-refractivity contribution is 0.0940. The SMILES string of the molecule is CC(C)NC(=O)c1c[nH]c(=O)cc1O. The normalized spacial score (nSPS) is 10.2. The van der Waals surface area contributed by atoms with E-state index in [1.807, 2.05) is 0 Å². The molecule has 0 aromatic carbocycles. The molecule has 0 saturated carbocycles. The van der Waals surface area contributed by atoms with Crippen LogP contribution in [0.2, 0.25) is 0 Å². The number of nitrogens with one attached hydrogen (secondary N) is 2. The molecule has 76 valence electrons. The van der Waals surface area contributed by atoms with Crippen molar-refractivity contribution in [2.24, 2.45) is 0 Å². The van der Waals surface area contributed by atoms with Crippen molar-refractivity contribution in [3.05, 3.63) is 28.2 Å². The molecule has 0 atom stereocenters. The van der Waals surface area contributed by atoms with Gasteiger partial charge in [-0.3, -0.25) is 9.59 Å². The average Bonchev–Trinajstić information content (AvgIpc) is 2.01. The molecule has 0 radical (unpaired) electrons. The van der Waals surface area contributed by atoms with Gasteiger partial charge in [0.2, 0.25) is 0 Å². The van der Waals surface area contributed by atoms with Crippen LogP contribution in [0.3, 0.4) is 0 Å². The summed E-state index contributed by atoms with van der Waals surface area (Å²) in [5.74, 6) is -0.722. The van der Waals surface area contributed by atoms with Crippen molar-refractivity contribution in [2.45, 2.75) is 19.9 Å². The Morgan fingerprint density at radius 2 is 2.21 bits per heavy atom. The fraction of sp³-hybridized carbons (Fsp3) is 0.333. The second-order valence-electron chi connectivity index (χ2n) is 3.22. The van der Waals surface area contributed by atoms with Gasteiger partial charge in [-0.1, -0.05) is 0 Å². The number of H-pyrrole nitrogens is 1. The summed E-state index contributed by atoms with van der Waals surface area (Å²) < 4.78 is 0. The first-order valence-corrected chi connectivity index (χ1v) is 4.23. The summed E-state index contributed by atoms with van der Waals surface area (Å²) in [4.78, 5) is 24.5. The number of rotatable bonds is 2. The monoisotopic (exact) mass is 196 g/mol. The maximum atomic E-state index is 11.4. The van der Waals surface area contributed by atoms with Gasteiger partial charge in [0, 0.05) is 18.3 Å². The minimum atomic E-state index is -0.441. The van der Waals surface area contributed by atoms with Crippen LogP contribution >= 0.6 is 0 Å². The lowest BCUT2D eigenvalue weighted by Crippen LogP contribution is -2.30. The number of hydrogen-bond donors (Lipinski definition) is 3. The fourth-order valence-corrected chi connectivity index (χ4v) is 0.983. The van der Waals surface area contributed by atoms with E-state index in [0.717, 1.165) is 6.07 Å². The molecular formula is C9H12N2O3. The van der Waals surface area contributed by atoms with Crippen molar-refractivity contribution in [2.75, 3.05) is 0 Å². The number of amides is 1. The molecule has 0 saturated heterocycles. The number of aromatic hydroxyl groups is 1.